The molecule has 0 aliphatic rings. The molecule has 0 aliphatic heterocycles. The van der Waals surface area contributed by atoms with Crippen molar-refractivity contribution < 1.29 is 4.39 Å². The van der Waals surface area contributed by atoms with Crippen molar-refractivity contribution in [3.63, 3.8) is 0 Å². The first-order valence-corrected chi connectivity index (χ1v) is 6.99. The van der Waals surface area contributed by atoms with Crippen molar-refractivity contribution in [2.24, 2.45) is 5.84 Å². The van der Waals surface area contributed by atoms with E-state index >= 15 is 0 Å². The van der Waals surface area contributed by atoms with Crippen LogP contribution in [-0.2, 0) is 6.42 Å². The summed E-state index contributed by atoms with van der Waals surface area (Å²) in [4.78, 5) is 0. The molecule has 0 aliphatic carbocycles. The molecule has 0 saturated carbocycles. The summed E-state index contributed by atoms with van der Waals surface area (Å²) in [5.41, 5.74) is 3.80. The minimum atomic E-state index is -0.438. The standard InChI is InChI=1S/C14H12Cl3FN2/c15-9-3-4-13(18)11(6-9)14(20-19)5-8-1-2-10(16)7-12(8)17/h1-4,6-7,14,20H,5,19H2. The summed E-state index contributed by atoms with van der Waals surface area (Å²) in [6, 6.07) is 9.06. The number of halogens is 4. The molecule has 0 aromatic heterocycles. The Balaban J connectivity index is 2.31. The lowest BCUT2D eigenvalue weighted by atomic mass is 9.99. The van der Waals surface area contributed by atoms with Crippen LogP contribution < -0.4 is 11.3 Å². The van der Waals surface area contributed by atoms with Crippen LogP contribution in [0.1, 0.15) is 17.2 Å². The first-order chi connectivity index (χ1) is 9.51. The van der Waals surface area contributed by atoms with E-state index in [1.807, 2.05) is 0 Å². The maximum Gasteiger partial charge on any atom is 0.128 e. The Bertz CT molecular complexity index is 619. The summed E-state index contributed by atoms with van der Waals surface area (Å²) in [5.74, 6) is 5.15. The number of rotatable bonds is 4. The molecule has 0 bridgehead atoms. The fourth-order valence-electron chi connectivity index (χ4n) is 1.95. The lowest BCUT2D eigenvalue weighted by Gasteiger charge is -2.18. The van der Waals surface area contributed by atoms with E-state index in [-0.39, 0.29) is 5.82 Å². The predicted octanol–water partition coefficient (Wildman–Crippen LogP) is 4.53. The van der Waals surface area contributed by atoms with Gasteiger partial charge in [0.05, 0.1) is 6.04 Å². The van der Waals surface area contributed by atoms with Gasteiger partial charge in [0, 0.05) is 20.6 Å². The highest BCUT2D eigenvalue weighted by Gasteiger charge is 2.17. The molecule has 0 radical (unpaired) electrons. The van der Waals surface area contributed by atoms with E-state index in [1.165, 1.54) is 12.1 Å². The second-order valence-corrected chi connectivity index (χ2v) is 5.61. The molecule has 0 amide bonds. The Morgan fingerprint density at radius 2 is 1.70 bits per heavy atom. The van der Waals surface area contributed by atoms with E-state index in [4.69, 9.17) is 40.6 Å². The largest absolute Gasteiger partial charge is 0.271 e. The summed E-state index contributed by atoms with van der Waals surface area (Å²) in [6.45, 7) is 0. The van der Waals surface area contributed by atoms with Crippen molar-refractivity contribution in [2.45, 2.75) is 12.5 Å². The molecule has 0 saturated heterocycles. The Hall–Kier alpha value is -0.840. The molecule has 2 aromatic carbocycles. The van der Waals surface area contributed by atoms with Gasteiger partial charge in [-0.3, -0.25) is 11.3 Å². The van der Waals surface area contributed by atoms with E-state index in [0.29, 0.717) is 27.1 Å². The average Bonchev–Trinajstić information content (AvgIpc) is 2.41. The molecule has 3 N–H and O–H groups in total. The quantitative estimate of drug-likeness (QED) is 0.637. The Morgan fingerprint density at radius 1 is 1.05 bits per heavy atom. The molecule has 0 heterocycles. The minimum absolute atomic E-state index is 0.373. The molecule has 106 valence electrons. The third-order valence-corrected chi connectivity index (χ3v) is 3.80. The normalized spacial score (nSPS) is 12.4. The predicted molar refractivity (Wildman–Crippen MR) is 81.6 cm³/mol. The molecular weight excluding hydrogens is 322 g/mol. The Kier molecular flexibility index (Phi) is 5.24. The van der Waals surface area contributed by atoms with Crippen LogP contribution in [0, 0.1) is 5.82 Å². The van der Waals surface area contributed by atoms with Gasteiger partial charge in [0.1, 0.15) is 5.82 Å². The average molecular weight is 334 g/mol. The Morgan fingerprint density at radius 3 is 2.35 bits per heavy atom. The van der Waals surface area contributed by atoms with E-state index in [9.17, 15) is 4.39 Å². The van der Waals surface area contributed by atoms with Crippen LogP contribution in [-0.4, -0.2) is 0 Å². The van der Waals surface area contributed by atoms with Crippen LogP contribution in [0.15, 0.2) is 36.4 Å². The maximum absolute atomic E-state index is 13.9. The number of hydrogen-bond acceptors (Lipinski definition) is 2. The van der Waals surface area contributed by atoms with Gasteiger partial charge in [-0.1, -0.05) is 40.9 Å². The zero-order valence-corrected chi connectivity index (χ0v) is 12.6. The van der Waals surface area contributed by atoms with Crippen molar-refractivity contribution in [2.75, 3.05) is 0 Å². The van der Waals surface area contributed by atoms with Gasteiger partial charge in [-0.25, -0.2) is 4.39 Å². The zero-order chi connectivity index (χ0) is 14.7. The van der Waals surface area contributed by atoms with Gasteiger partial charge < -0.3 is 0 Å². The molecule has 0 spiro atoms. The molecule has 20 heavy (non-hydrogen) atoms. The van der Waals surface area contributed by atoms with Gasteiger partial charge in [-0.05, 0) is 42.3 Å². The highest BCUT2D eigenvalue weighted by Crippen LogP contribution is 2.28. The second-order valence-electron chi connectivity index (χ2n) is 4.32. The Labute approximate surface area is 131 Å². The van der Waals surface area contributed by atoms with Gasteiger partial charge in [0.25, 0.3) is 0 Å². The van der Waals surface area contributed by atoms with Crippen molar-refractivity contribution >= 4 is 34.8 Å². The number of hydrogen-bond donors (Lipinski definition) is 2. The molecule has 1 atom stereocenters. The van der Waals surface area contributed by atoms with Gasteiger partial charge in [0.15, 0.2) is 0 Å². The molecule has 6 heteroatoms. The molecule has 0 fully saturated rings. The summed E-state index contributed by atoms with van der Waals surface area (Å²) in [5, 5.41) is 1.51. The highest BCUT2D eigenvalue weighted by molar-refractivity contribution is 6.35. The van der Waals surface area contributed by atoms with Gasteiger partial charge in [0.2, 0.25) is 0 Å². The first kappa shape index (κ1) is 15.5. The van der Waals surface area contributed by atoms with Crippen LogP contribution >= 0.6 is 34.8 Å². The number of nitrogens with two attached hydrogens (primary N) is 1. The molecule has 2 rings (SSSR count). The zero-order valence-electron chi connectivity index (χ0n) is 10.3. The SMILES string of the molecule is NNC(Cc1ccc(Cl)cc1Cl)c1cc(Cl)ccc1F. The fraction of sp³-hybridized carbons (Fsp3) is 0.143. The van der Waals surface area contributed by atoms with Crippen molar-refractivity contribution in [1.29, 1.82) is 0 Å². The third-order valence-electron chi connectivity index (χ3n) is 2.97. The van der Waals surface area contributed by atoms with Crippen LogP contribution in [0.3, 0.4) is 0 Å². The van der Waals surface area contributed by atoms with Crippen LogP contribution in [0.5, 0.6) is 0 Å². The fourth-order valence-corrected chi connectivity index (χ4v) is 2.61. The van der Waals surface area contributed by atoms with Crippen molar-refractivity contribution in [3.8, 4) is 0 Å². The molecule has 2 nitrogen and oxygen atoms in total. The topological polar surface area (TPSA) is 38.0 Å². The third kappa shape index (κ3) is 3.62. The summed E-state index contributed by atoms with van der Waals surface area (Å²) < 4.78 is 13.9. The van der Waals surface area contributed by atoms with Crippen LogP contribution in [0.25, 0.3) is 0 Å². The summed E-state index contributed by atoms with van der Waals surface area (Å²) in [6.07, 6.45) is 0.420. The monoisotopic (exact) mass is 332 g/mol. The van der Waals surface area contributed by atoms with Gasteiger partial charge in [-0.15, -0.1) is 0 Å². The lowest BCUT2D eigenvalue weighted by molar-refractivity contribution is 0.510. The molecule has 1 unspecified atom stereocenters. The first-order valence-electron chi connectivity index (χ1n) is 5.86. The molecule has 2 aromatic rings. The van der Waals surface area contributed by atoms with E-state index in [0.717, 1.165) is 5.56 Å². The number of hydrazine groups is 1. The number of benzene rings is 2. The van der Waals surface area contributed by atoms with Crippen molar-refractivity contribution in [1.82, 2.24) is 5.43 Å². The number of nitrogens with one attached hydrogen (secondary N) is 1. The smallest absolute Gasteiger partial charge is 0.128 e. The van der Waals surface area contributed by atoms with Crippen LogP contribution in [0.2, 0.25) is 15.1 Å². The second kappa shape index (κ2) is 6.74. The highest BCUT2D eigenvalue weighted by atomic mass is 35.5. The van der Waals surface area contributed by atoms with Gasteiger partial charge >= 0.3 is 0 Å². The lowest BCUT2D eigenvalue weighted by Crippen LogP contribution is -2.30. The van der Waals surface area contributed by atoms with E-state index < -0.39 is 6.04 Å². The summed E-state index contributed by atoms with van der Waals surface area (Å²) >= 11 is 17.9. The van der Waals surface area contributed by atoms with E-state index in [1.54, 1.807) is 24.3 Å². The minimum Gasteiger partial charge on any atom is -0.271 e. The maximum atomic E-state index is 13.9. The van der Waals surface area contributed by atoms with Crippen LogP contribution in [0.4, 0.5) is 4.39 Å². The van der Waals surface area contributed by atoms with E-state index in [2.05, 4.69) is 5.43 Å². The van der Waals surface area contributed by atoms with Crippen molar-refractivity contribution in [3.05, 3.63) is 68.4 Å². The molecular formula is C14H12Cl3FN2. The summed E-state index contributed by atoms with van der Waals surface area (Å²) in [7, 11) is 0. The van der Waals surface area contributed by atoms with Gasteiger partial charge in [-0.2, -0.15) is 0 Å².